The Hall–Kier alpha value is -3.57. The van der Waals surface area contributed by atoms with Gasteiger partial charge in [-0.25, -0.2) is 4.79 Å². The lowest BCUT2D eigenvalue weighted by Gasteiger charge is -2.23. The number of methoxy groups -OCH3 is 1. The van der Waals surface area contributed by atoms with E-state index in [0.29, 0.717) is 30.2 Å². The van der Waals surface area contributed by atoms with Crippen LogP contribution in [0, 0.1) is 0 Å². The van der Waals surface area contributed by atoms with Gasteiger partial charge in [0.2, 0.25) is 12.7 Å². The maximum atomic E-state index is 13.0. The molecule has 0 radical (unpaired) electrons. The summed E-state index contributed by atoms with van der Waals surface area (Å²) in [6.45, 7) is 0.846. The molecule has 0 aliphatic carbocycles. The zero-order chi connectivity index (χ0) is 24.6. The molecule has 1 atom stereocenters. The van der Waals surface area contributed by atoms with E-state index in [2.05, 4.69) is 10.6 Å². The van der Waals surface area contributed by atoms with Gasteiger partial charge in [-0.1, -0.05) is 18.2 Å². The smallest absolute Gasteiger partial charge is 0.315 e. The van der Waals surface area contributed by atoms with Crippen molar-refractivity contribution in [3.8, 4) is 11.5 Å². The molecule has 3 aromatic rings. The molecular formula is C24H25N3O6S2. The van der Waals surface area contributed by atoms with E-state index >= 15 is 0 Å². The van der Waals surface area contributed by atoms with Crippen molar-refractivity contribution in [2.75, 3.05) is 20.4 Å². The summed E-state index contributed by atoms with van der Waals surface area (Å²) in [5.41, 5.74) is 0.651. The van der Waals surface area contributed by atoms with Crippen LogP contribution < -0.4 is 20.1 Å². The van der Waals surface area contributed by atoms with Gasteiger partial charge < -0.3 is 29.7 Å². The SMILES string of the molecule is COC(=O)C[C@@H](NC(=O)NCC(=O)N(Cc1cccs1)Cc1cccs1)c1ccc2c(c1)OCO2. The summed E-state index contributed by atoms with van der Waals surface area (Å²) in [6, 6.07) is 11.8. The quantitative estimate of drug-likeness (QED) is 0.399. The van der Waals surface area contributed by atoms with Crippen molar-refractivity contribution in [1.82, 2.24) is 15.5 Å². The average molecular weight is 516 g/mol. The highest BCUT2D eigenvalue weighted by atomic mass is 32.1. The highest BCUT2D eigenvalue weighted by Crippen LogP contribution is 2.34. The van der Waals surface area contributed by atoms with Crippen LogP contribution in [0.1, 0.15) is 27.8 Å². The van der Waals surface area contributed by atoms with Gasteiger partial charge in [0.1, 0.15) is 0 Å². The van der Waals surface area contributed by atoms with Crippen LogP contribution in [0.25, 0.3) is 0 Å². The Balaban J connectivity index is 1.38. The molecule has 1 aliphatic heterocycles. The van der Waals surface area contributed by atoms with Gasteiger partial charge in [0.15, 0.2) is 11.5 Å². The molecule has 184 valence electrons. The second-order valence-corrected chi connectivity index (χ2v) is 9.75. The second kappa shape index (κ2) is 11.7. The number of thiophene rings is 2. The summed E-state index contributed by atoms with van der Waals surface area (Å²) >= 11 is 3.15. The van der Waals surface area contributed by atoms with E-state index < -0.39 is 18.0 Å². The number of urea groups is 1. The van der Waals surface area contributed by atoms with Crippen LogP contribution in [0.3, 0.4) is 0 Å². The molecular weight excluding hydrogens is 490 g/mol. The molecule has 2 aromatic heterocycles. The number of amides is 3. The molecule has 0 saturated carbocycles. The van der Waals surface area contributed by atoms with E-state index in [9.17, 15) is 14.4 Å². The summed E-state index contributed by atoms with van der Waals surface area (Å²) in [7, 11) is 1.29. The van der Waals surface area contributed by atoms with Gasteiger partial charge in [-0.3, -0.25) is 9.59 Å². The van der Waals surface area contributed by atoms with Gasteiger partial charge in [-0.15, -0.1) is 22.7 Å². The van der Waals surface area contributed by atoms with E-state index in [-0.39, 0.29) is 25.7 Å². The number of nitrogens with one attached hydrogen (secondary N) is 2. The number of carbonyl (C=O) groups is 3. The molecule has 0 saturated heterocycles. The van der Waals surface area contributed by atoms with Crippen molar-refractivity contribution in [3.63, 3.8) is 0 Å². The number of fused-ring (bicyclic) bond motifs is 1. The zero-order valence-electron chi connectivity index (χ0n) is 19.0. The van der Waals surface area contributed by atoms with Crippen molar-refractivity contribution in [1.29, 1.82) is 0 Å². The number of carbonyl (C=O) groups excluding carboxylic acids is 3. The summed E-state index contributed by atoms with van der Waals surface area (Å²) < 4.78 is 15.5. The topological polar surface area (TPSA) is 106 Å². The van der Waals surface area contributed by atoms with Crippen LogP contribution in [-0.2, 0) is 27.4 Å². The molecule has 0 spiro atoms. The molecule has 0 fully saturated rings. The fourth-order valence-corrected chi connectivity index (χ4v) is 4.96. The van der Waals surface area contributed by atoms with Gasteiger partial charge in [0.05, 0.1) is 39.2 Å². The van der Waals surface area contributed by atoms with Crippen LogP contribution in [0.15, 0.2) is 53.2 Å². The van der Waals surface area contributed by atoms with Gasteiger partial charge in [-0.2, -0.15) is 0 Å². The number of benzene rings is 1. The molecule has 3 heterocycles. The fourth-order valence-electron chi connectivity index (χ4n) is 3.52. The maximum absolute atomic E-state index is 13.0. The Morgan fingerprint density at radius 1 is 1.03 bits per heavy atom. The first-order valence-electron chi connectivity index (χ1n) is 10.8. The second-order valence-electron chi connectivity index (χ2n) is 7.68. The highest BCUT2D eigenvalue weighted by Gasteiger charge is 2.23. The van der Waals surface area contributed by atoms with E-state index in [0.717, 1.165) is 9.75 Å². The number of hydrogen-bond acceptors (Lipinski definition) is 8. The van der Waals surface area contributed by atoms with Gasteiger partial charge in [0, 0.05) is 9.75 Å². The van der Waals surface area contributed by atoms with Crippen molar-refractivity contribution in [3.05, 3.63) is 68.5 Å². The van der Waals surface area contributed by atoms with Crippen molar-refractivity contribution >= 4 is 40.6 Å². The summed E-state index contributed by atoms with van der Waals surface area (Å²) in [5.74, 6) is 0.432. The number of hydrogen-bond donors (Lipinski definition) is 2. The molecule has 4 rings (SSSR count). The van der Waals surface area contributed by atoms with Crippen LogP contribution in [0.2, 0.25) is 0 Å². The van der Waals surface area contributed by atoms with Crippen LogP contribution >= 0.6 is 22.7 Å². The molecule has 1 aromatic carbocycles. The summed E-state index contributed by atoms with van der Waals surface area (Å²) in [6.07, 6.45) is -0.0829. The normalized spacial score (nSPS) is 12.6. The first-order chi connectivity index (χ1) is 17.0. The molecule has 0 unspecified atom stereocenters. The van der Waals surface area contributed by atoms with Crippen molar-refractivity contribution < 1.29 is 28.6 Å². The maximum Gasteiger partial charge on any atom is 0.315 e. The monoisotopic (exact) mass is 515 g/mol. The molecule has 1 aliphatic rings. The Morgan fingerprint density at radius 3 is 2.34 bits per heavy atom. The minimum Gasteiger partial charge on any atom is -0.469 e. The third kappa shape index (κ3) is 6.74. The van der Waals surface area contributed by atoms with Gasteiger partial charge in [-0.05, 0) is 40.6 Å². The first kappa shape index (κ1) is 24.6. The first-order valence-corrected chi connectivity index (χ1v) is 12.6. The van der Waals surface area contributed by atoms with Gasteiger partial charge in [0.25, 0.3) is 0 Å². The van der Waals surface area contributed by atoms with E-state index in [1.807, 2.05) is 35.0 Å². The van der Waals surface area contributed by atoms with E-state index in [1.54, 1.807) is 45.8 Å². The zero-order valence-corrected chi connectivity index (χ0v) is 20.7. The van der Waals surface area contributed by atoms with Crippen molar-refractivity contribution in [2.45, 2.75) is 25.6 Å². The predicted molar refractivity (Wildman–Crippen MR) is 131 cm³/mol. The van der Waals surface area contributed by atoms with E-state index in [4.69, 9.17) is 14.2 Å². The lowest BCUT2D eigenvalue weighted by Crippen LogP contribution is -2.44. The van der Waals surface area contributed by atoms with Crippen LogP contribution in [-0.4, -0.2) is 43.3 Å². The largest absolute Gasteiger partial charge is 0.469 e. The number of nitrogens with zero attached hydrogens (tertiary/aromatic N) is 1. The van der Waals surface area contributed by atoms with Crippen molar-refractivity contribution in [2.24, 2.45) is 0 Å². The molecule has 35 heavy (non-hydrogen) atoms. The third-order valence-electron chi connectivity index (χ3n) is 5.31. The summed E-state index contributed by atoms with van der Waals surface area (Å²) in [4.78, 5) is 41.5. The molecule has 11 heteroatoms. The number of ether oxygens (including phenoxy) is 3. The Labute approximate surface area is 210 Å². The lowest BCUT2D eigenvalue weighted by molar-refractivity contribution is -0.141. The highest BCUT2D eigenvalue weighted by molar-refractivity contribution is 7.10. The van der Waals surface area contributed by atoms with E-state index in [1.165, 1.54) is 7.11 Å². The summed E-state index contributed by atoms with van der Waals surface area (Å²) in [5, 5.41) is 9.31. The van der Waals surface area contributed by atoms with Crippen LogP contribution in [0.5, 0.6) is 11.5 Å². The predicted octanol–water partition coefficient (Wildman–Crippen LogP) is 3.67. The molecule has 2 N–H and O–H groups in total. The fraction of sp³-hybridized carbons (Fsp3) is 0.292. The molecule has 9 nitrogen and oxygen atoms in total. The minimum absolute atomic E-state index is 0.0829. The third-order valence-corrected chi connectivity index (χ3v) is 7.03. The average Bonchev–Trinajstić information content (AvgIpc) is 3.64. The van der Waals surface area contributed by atoms with Gasteiger partial charge >= 0.3 is 12.0 Å². The Bertz CT molecular complexity index is 1110. The molecule has 3 amide bonds. The lowest BCUT2D eigenvalue weighted by atomic mass is 10.0. The number of rotatable bonds is 10. The molecule has 0 bridgehead atoms. The van der Waals surface area contributed by atoms with Crippen LogP contribution in [0.4, 0.5) is 4.79 Å². The Morgan fingerprint density at radius 2 is 1.71 bits per heavy atom. The number of esters is 1. The minimum atomic E-state index is -0.680. The Kier molecular flexibility index (Phi) is 8.22. The standard InChI is InChI=1S/C24H25N3O6S2/c1-31-23(29)11-19(16-6-7-20-21(10-16)33-15-32-20)26-24(30)25-12-22(28)27(13-17-4-2-8-34-17)14-18-5-3-9-35-18/h2-10,19H,11-15H2,1H3,(H2,25,26,30)/t19-/m1/s1.